The summed E-state index contributed by atoms with van der Waals surface area (Å²) < 4.78 is 36.8. The zero-order valence-corrected chi connectivity index (χ0v) is 19.0. The van der Waals surface area contributed by atoms with Gasteiger partial charge in [-0.15, -0.1) is 0 Å². The van der Waals surface area contributed by atoms with Crippen LogP contribution in [-0.4, -0.2) is 51.8 Å². The summed E-state index contributed by atoms with van der Waals surface area (Å²) >= 11 is 1.32. The minimum atomic E-state index is -3.52. The molecule has 0 aliphatic heterocycles. The van der Waals surface area contributed by atoms with Gasteiger partial charge in [-0.2, -0.15) is 0 Å². The van der Waals surface area contributed by atoms with Gasteiger partial charge in [-0.25, -0.2) is 0 Å². The Balaban J connectivity index is 2.34. The molecule has 10 nitrogen and oxygen atoms in total. The molecule has 1 heterocycles. The molecular weight excluding hydrogens is 503 g/mol. The van der Waals surface area contributed by atoms with Gasteiger partial charge < -0.3 is 0 Å². The van der Waals surface area contributed by atoms with E-state index in [2.05, 4.69) is 36.1 Å². The molecule has 0 saturated heterocycles. The molecule has 27 heavy (non-hydrogen) atoms. The van der Waals surface area contributed by atoms with Crippen LogP contribution in [0.2, 0.25) is 0 Å². The van der Waals surface area contributed by atoms with Crippen LogP contribution in [-0.2, 0) is 18.4 Å². The summed E-state index contributed by atoms with van der Waals surface area (Å²) in [6, 6.07) is 3.33. The molecule has 2 radical (unpaired) electrons. The molecule has 1 aromatic carbocycles. The maximum absolute atomic E-state index is 12.6. The van der Waals surface area contributed by atoms with Gasteiger partial charge in [-0.05, 0) is 0 Å². The number of benzene rings is 1. The average Bonchev–Trinajstić information content (AvgIpc) is 2.62. The van der Waals surface area contributed by atoms with Gasteiger partial charge in [0.15, 0.2) is 0 Å². The first-order valence-electron chi connectivity index (χ1n) is 7.90. The van der Waals surface area contributed by atoms with Gasteiger partial charge in [0, 0.05) is 0 Å². The summed E-state index contributed by atoms with van der Waals surface area (Å²) in [6.07, 6.45) is 0.999. The Morgan fingerprint density at radius 1 is 1.30 bits per heavy atom. The van der Waals surface area contributed by atoms with E-state index < -0.39 is 41.6 Å². The Bertz CT molecular complexity index is 848. The van der Waals surface area contributed by atoms with Crippen LogP contribution in [0.5, 0.6) is 5.75 Å². The first-order valence-corrected chi connectivity index (χ1v) is 12.3. The predicted octanol–water partition coefficient (Wildman–Crippen LogP) is -1.41. The Kier molecular flexibility index (Phi) is 8.69. The molecule has 4 N–H and O–H groups in total. The van der Waals surface area contributed by atoms with E-state index in [0.717, 1.165) is 0 Å². The van der Waals surface area contributed by atoms with Crippen LogP contribution < -0.4 is 38.5 Å². The van der Waals surface area contributed by atoms with Gasteiger partial charge in [-0.1, -0.05) is 0 Å². The van der Waals surface area contributed by atoms with E-state index in [1.54, 1.807) is 26.0 Å². The summed E-state index contributed by atoms with van der Waals surface area (Å²) in [5, 5.41) is 3.36. The van der Waals surface area contributed by atoms with Crippen molar-refractivity contribution < 1.29 is 43.4 Å². The normalized spacial score (nSPS) is 11.5. The van der Waals surface area contributed by atoms with Crippen LogP contribution in [0.1, 0.15) is 13.8 Å². The number of carbonyl (C=O) groups excluding carboxylic acids is 1. The predicted molar refractivity (Wildman–Crippen MR) is 98.1 cm³/mol. The molecule has 0 fully saturated rings. The van der Waals surface area contributed by atoms with Gasteiger partial charge in [-0.3, -0.25) is 0 Å². The zero-order valence-electron chi connectivity index (χ0n) is 14.8. The number of hydrogen-bond donors (Lipinski definition) is 3. The number of amides is 1. The van der Waals surface area contributed by atoms with Crippen molar-refractivity contribution >= 4 is 52.4 Å². The third-order valence-electron chi connectivity index (χ3n) is 3.26. The summed E-state index contributed by atoms with van der Waals surface area (Å²) in [4.78, 5) is 20.8. The number of nitrogens with two attached hydrogens (primary N) is 1. The van der Waals surface area contributed by atoms with Crippen LogP contribution in [0.3, 0.4) is 0 Å². The molecule has 0 atom stereocenters. The summed E-state index contributed by atoms with van der Waals surface area (Å²) in [5.41, 5.74) is 0.989. The van der Waals surface area contributed by atoms with E-state index in [4.69, 9.17) is 16.1 Å². The van der Waals surface area contributed by atoms with Crippen molar-refractivity contribution in [1.82, 2.24) is 9.97 Å². The molecule has 13 heteroatoms. The second kappa shape index (κ2) is 10.5. The number of hydrogen-bond acceptors (Lipinski definition) is 9. The van der Waals surface area contributed by atoms with Crippen LogP contribution in [0.25, 0.3) is 10.9 Å². The number of anilines is 2. The van der Waals surface area contributed by atoms with Crippen molar-refractivity contribution in [3.05, 3.63) is 18.5 Å². The van der Waals surface area contributed by atoms with Gasteiger partial charge in [0.1, 0.15) is 0 Å². The van der Waals surface area contributed by atoms with Crippen molar-refractivity contribution in [3.8, 4) is 5.75 Å². The topological polar surface area (TPSA) is 138 Å². The van der Waals surface area contributed by atoms with Crippen molar-refractivity contribution in [2.24, 2.45) is 3.95 Å². The van der Waals surface area contributed by atoms with E-state index in [0.29, 0.717) is 28.2 Å². The first-order chi connectivity index (χ1) is 13.0. The second-order valence-corrected chi connectivity index (χ2v) is 8.34. The Morgan fingerprint density at radius 3 is 2.59 bits per heavy atom. The van der Waals surface area contributed by atoms with Crippen molar-refractivity contribution in [1.29, 1.82) is 0 Å². The maximum atomic E-state index is 12.6. The van der Waals surface area contributed by atoms with E-state index in [1.807, 2.05) is 0 Å². The van der Waals surface area contributed by atoms with Gasteiger partial charge in [0.2, 0.25) is 0 Å². The number of halogens is 1. The van der Waals surface area contributed by atoms with E-state index in [1.165, 1.54) is 6.33 Å². The molecule has 1 amide bonds. The van der Waals surface area contributed by atoms with Crippen LogP contribution >= 0.6 is 7.60 Å². The quantitative estimate of drug-likeness (QED) is 0.149. The molecule has 0 saturated carbocycles. The molecule has 1 aromatic heterocycles. The van der Waals surface area contributed by atoms with Crippen molar-refractivity contribution in [2.45, 2.75) is 13.8 Å². The number of nitrogens with one attached hydrogen (secondary N) is 2. The Hall–Kier alpha value is -0.998. The number of aromatic nitrogens is 2. The van der Waals surface area contributed by atoms with Crippen molar-refractivity contribution in [2.75, 3.05) is 29.0 Å². The molecule has 0 spiro atoms. The Morgan fingerprint density at radius 2 is 2.00 bits per heavy atom. The van der Waals surface area contributed by atoms with Gasteiger partial charge in [0.25, 0.3) is 0 Å². The molecule has 0 bridgehead atoms. The molecule has 146 valence electrons. The first kappa shape index (κ1) is 22.3. The fourth-order valence-electron chi connectivity index (χ4n) is 2.30. The van der Waals surface area contributed by atoms with Gasteiger partial charge >= 0.3 is 177 Å². The monoisotopic (exact) mass is 522 g/mol. The second-order valence-electron chi connectivity index (χ2n) is 5.05. The van der Waals surface area contributed by atoms with Crippen LogP contribution in [0, 0.1) is 0 Å². The van der Waals surface area contributed by atoms with Crippen LogP contribution in [0.15, 0.2) is 18.5 Å². The third-order valence-corrected chi connectivity index (χ3v) is 6.24. The third kappa shape index (κ3) is 5.99. The summed E-state index contributed by atoms with van der Waals surface area (Å²) in [5.74, 6) is 0.405. The average molecular weight is 522 g/mol. The minimum absolute atomic E-state index is 0.174. The fourth-order valence-corrected chi connectivity index (χ4v) is 4.64. The van der Waals surface area contributed by atoms with Crippen LogP contribution in [0.4, 0.5) is 11.5 Å². The standard InChI is InChI=1S/C14H20IN5O5P.Al/c1-3-23-26(22,24-4-2)7-13(21)20-11-5-9-10(6-12(11)25-15-17)18-8-19-14(9)16;/h5-6,8H,3-4,7,17H2,1-2H3,(H3,16,18,19,20,21);/q-1;+1/p-1. The number of carbonyl (C=O) groups is 1. The number of rotatable bonds is 10. The summed E-state index contributed by atoms with van der Waals surface area (Å²) in [7, 11) is -3.52. The zero-order chi connectivity index (χ0) is 19.9. The molecule has 2 aromatic rings. The van der Waals surface area contributed by atoms with E-state index in [9.17, 15) is 9.36 Å². The van der Waals surface area contributed by atoms with E-state index in [-0.39, 0.29) is 13.2 Å². The molecule has 0 unspecified atom stereocenters. The van der Waals surface area contributed by atoms with Crippen molar-refractivity contribution in [3.63, 3.8) is 0 Å². The SMILES string of the molecule is CCOP(=O)(CC(=O)Nc1cc2c([NH][Al])ncnc2cc1O[I-]N)OCC. The number of nitrogens with zero attached hydrogens (tertiary/aromatic N) is 2. The fraction of sp³-hybridized carbons (Fsp3) is 0.357. The number of fused-ring (bicyclic) bond motifs is 1. The van der Waals surface area contributed by atoms with E-state index >= 15 is 0 Å². The molecule has 0 aliphatic rings. The molecular formula is C14H19AlIN5O5P-. The molecule has 0 aliphatic carbocycles. The van der Waals surface area contributed by atoms with Gasteiger partial charge in [0.05, 0.1) is 0 Å². The Labute approximate surface area is 176 Å². The summed E-state index contributed by atoms with van der Waals surface area (Å²) in [6.45, 7) is 3.71. The molecule has 2 rings (SSSR count).